The Balaban J connectivity index is 1.95. The molecule has 2 rings (SSSR count). The molecule has 0 spiro atoms. The number of benzene rings is 1. The van der Waals surface area contributed by atoms with Gasteiger partial charge >= 0.3 is 0 Å². The third kappa shape index (κ3) is 7.02. The molecule has 0 aromatic heterocycles. The Kier molecular flexibility index (Phi) is 9.20. The topological polar surface area (TPSA) is 78.5 Å². The highest BCUT2D eigenvalue weighted by molar-refractivity contribution is 7.98. The molecule has 0 bridgehead atoms. The first kappa shape index (κ1) is 23.1. The van der Waals surface area contributed by atoms with Gasteiger partial charge in [0.15, 0.2) is 0 Å². The first-order valence-corrected chi connectivity index (χ1v) is 12.5. The van der Waals surface area contributed by atoms with E-state index >= 15 is 0 Å². The van der Waals surface area contributed by atoms with E-state index in [1.165, 1.54) is 36.4 Å². The molecule has 2 unspecified atom stereocenters. The number of hydrogen-bond donors (Lipinski definition) is 2. The Morgan fingerprint density at radius 3 is 2.82 bits per heavy atom. The molecule has 2 atom stereocenters. The molecule has 1 aromatic carbocycles. The van der Waals surface area contributed by atoms with Crippen molar-refractivity contribution in [2.24, 2.45) is 5.92 Å². The first-order chi connectivity index (χ1) is 13.3. The Bertz CT molecular complexity index is 746. The number of carbonyl (C=O) groups is 1. The molecule has 9 heteroatoms. The van der Waals surface area contributed by atoms with Gasteiger partial charge in [-0.15, -0.1) is 0 Å². The molecule has 0 radical (unpaired) electrons. The fourth-order valence-corrected chi connectivity index (χ4v) is 5.12. The maximum absolute atomic E-state index is 13.9. The summed E-state index contributed by atoms with van der Waals surface area (Å²) in [7, 11) is -4.12. The number of nitrogens with one attached hydrogen (secondary N) is 2. The number of carbonyl (C=O) groups excluding carboxylic acids is 1. The summed E-state index contributed by atoms with van der Waals surface area (Å²) >= 11 is 1.52. The van der Waals surface area contributed by atoms with Gasteiger partial charge in [-0.1, -0.05) is 19.1 Å². The lowest BCUT2D eigenvalue weighted by atomic mass is 10.0. The normalized spacial score (nSPS) is 19.3. The number of likely N-dealkylation sites (tertiary alicyclic amines) is 1. The average molecular weight is 432 g/mol. The van der Waals surface area contributed by atoms with Crippen LogP contribution in [-0.2, 0) is 14.8 Å². The number of hydrogen-bond acceptors (Lipinski definition) is 5. The molecule has 6 nitrogen and oxygen atoms in total. The van der Waals surface area contributed by atoms with Gasteiger partial charge in [-0.3, -0.25) is 4.79 Å². The predicted molar refractivity (Wildman–Crippen MR) is 111 cm³/mol. The number of thioether (sulfide) groups is 1. The minimum Gasteiger partial charge on any atom is -0.353 e. The van der Waals surface area contributed by atoms with Crippen molar-refractivity contribution < 1.29 is 17.6 Å². The lowest BCUT2D eigenvalue weighted by molar-refractivity contribution is -0.122. The summed E-state index contributed by atoms with van der Waals surface area (Å²) in [4.78, 5) is 14.5. The lowest BCUT2D eigenvalue weighted by Gasteiger charge is -2.30. The molecule has 0 aliphatic carbocycles. The molecule has 1 fully saturated rings. The molecule has 0 saturated carbocycles. The van der Waals surface area contributed by atoms with Gasteiger partial charge in [0, 0.05) is 19.6 Å². The van der Waals surface area contributed by atoms with Crippen LogP contribution in [0.5, 0.6) is 0 Å². The number of halogens is 1. The highest BCUT2D eigenvalue weighted by Gasteiger charge is 2.27. The van der Waals surface area contributed by atoms with E-state index in [4.69, 9.17) is 0 Å². The van der Waals surface area contributed by atoms with E-state index in [2.05, 4.69) is 21.9 Å². The second-order valence-corrected chi connectivity index (χ2v) is 9.89. The number of sulfonamides is 1. The van der Waals surface area contributed by atoms with Gasteiger partial charge < -0.3 is 10.2 Å². The largest absolute Gasteiger partial charge is 0.353 e. The van der Waals surface area contributed by atoms with Gasteiger partial charge in [-0.2, -0.15) is 16.5 Å². The van der Waals surface area contributed by atoms with E-state index < -0.39 is 26.8 Å². The third-order valence-electron chi connectivity index (χ3n) is 4.82. The summed E-state index contributed by atoms with van der Waals surface area (Å²) < 4.78 is 41.4. The maximum atomic E-state index is 13.9. The van der Waals surface area contributed by atoms with Crippen molar-refractivity contribution in [3.8, 4) is 0 Å². The summed E-state index contributed by atoms with van der Waals surface area (Å²) in [5.41, 5.74) is 0. The monoisotopic (exact) mass is 431 g/mol. The highest BCUT2D eigenvalue weighted by atomic mass is 32.2. The quantitative estimate of drug-likeness (QED) is 0.593. The molecule has 2 N–H and O–H groups in total. The van der Waals surface area contributed by atoms with Crippen LogP contribution in [0.25, 0.3) is 0 Å². The lowest BCUT2D eigenvalue weighted by Crippen LogP contribution is -2.49. The van der Waals surface area contributed by atoms with Crippen molar-refractivity contribution in [1.29, 1.82) is 0 Å². The van der Waals surface area contributed by atoms with E-state index in [1.54, 1.807) is 0 Å². The zero-order chi connectivity index (χ0) is 20.6. The SMILES string of the molecule is CSCCC(NS(=O)(=O)c1ccccc1F)C(=O)NCCN1CCCC(C)C1. The van der Waals surface area contributed by atoms with Gasteiger partial charge in [-0.05, 0) is 55.9 Å². The van der Waals surface area contributed by atoms with Crippen LogP contribution in [0, 0.1) is 11.7 Å². The van der Waals surface area contributed by atoms with Crippen LogP contribution in [0.15, 0.2) is 29.2 Å². The van der Waals surface area contributed by atoms with Crippen molar-refractivity contribution in [2.75, 3.05) is 38.2 Å². The smallest absolute Gasteiger partial charge is 0.244 e. The minimum absolute atomic E-state index is 0.335. The summed E-state index contributed by atoms with van der Waals surface area (Å²) in [6.45, 7) is 5.47. The van der Waals surface area contributed by atoms with Crippen LogP contribution >= 0.6 is 11.8 Å². The Morgan fingerprint density at radius 2 is 2.14 bits per heavy atom. The summed E-state index contributed by atoms with van der Waals surface area (Å²) in [6.07, 6.45) is 4.62. The van der Waals surface area contributed by atoms with E-state index in [-0.39, 0.29) is 5.91 Å². The van der Waals surface area contributed by atoms with Crippen LogP contribution in [-0.4, -0.2) is 63.5 Å². The molecule has 28 heavy (non-hydrogen) atoms. The molecular formula is C19H30FN3O3S2. The van der Waals surface area contributed by atoms with Gasteiger partial charge in [0.1, 0.15) is 16.8 Å². The van der Waals surface area contributed by atoms with Crippen LogP contribution in [0.2, 0.25) is 0 Å². The van der Waals surface area contributed by atoms with Crippen molar-refractivity contribution in [1.82, 2.24) is 14.9 Å². The van der Waals surface area contributed by atoms with Gasteiger partial charge in [-0.25, -0.2) is 12.8 Å². The zero-order valence-corrected chi connectivity index (χ0v) is 18.1. The second-order valence-electron chi connectivity index (χ2n) is 7.22. The van der Waals surface area contributed by atoms with Crippen molar-refractivity contribution in [2.45, 2.75) is 37.1 Å². The summed E-state index contributed by atoms with van der Waals surface area (Å²) in [6, 6.07) is 4.23. The molecule has 1 heterocycles. The van der Waals surface area contributed by atoms with E-state index in [0.29, 0.717) is 24.6 Å². The number of piperidine rings is 1. The molecule has 1 aliphatic heterocycles. The molecule has 1 amide bonds. The molecular weight excluding hydrogens is 401 g/mol. The fraction of sp³-hybridized carbons (Fsp3) is 0.632. The fourth-order valence-electron chi connectivity index (χ4n) is 3.34. The number of nitrogens with zero attached hydrogens (tertiary/aromatic N) is 1. The summed E-state index contributed by atoms with van der Waals surface area (Å²) in [5.74, 6) is 0.0604. The van der Waals surface area contributed by atoms with Gasteiger partial charge in [0.25, 0.3) is 0 Å². The van der Waals surface area contributed by atoms with E-state index in [1.807, 2.05) is 6.26 Å². The molecule has 158 valence electrons. The van der Waals surface area contributed by atoms with E-state index in [0.717, 1.165) is 32.1 Å². The Labute approximate surface area is 171 Å². The second kappa shape index (κ2) is 11.1. The standard InChI is InChI=1S/C19H30FN3O3S2/c1-15-6-5-11-23(14-15)12-10-21-19(24)17(9-13-27-2)22-28(25,26)18-8-4-3-7-16(18)20/h3-4,7-8,15,17,22H,5-6,9-14H2,1-2H3,(H,21,24). The number of rotatable bonds is 10. The summed E-state index contributed by atoms with van der Waals surface area (Å²) in [5, 5.41) is 2.83. The van der Waals surface area contributed by atoms with Gasteiger partial charge in [0.2, 0.25) is 15.9 Å². The average Bonchev–Trinajstić information content (AvgIpc) is 2.65. The van der Waals surface area contributed by atoms with Gasteiger partial charge in [0.05, 0.1) is 0 Å². The Morgan fingerprint density at radius 1 is 1.39 bits per heavy atom. The van der Waals surface area contributed by atoms with Crippen LogP contribution in [0.1, 0.15) is 26.2 Å². The van der Waals surface area contributed by atoms with Crippen LogP contribution in [0.4, 0.5) is 4.39 Å². The van der Waals surface area contributed by atoms with E-state index in [9.17, 15) is 17.6 Å². The minimum atomic E-state index is -4.12. The highest BCUT2D eigenvalue weighted by Crippen LogP contribution is 2.16. The molecule has 1 aliphatic rings. The molecule has 1 aromatic rings. The zero-order valence-electron chi connectivity index (χ0n) is 16.5. The van der Waals surface area contributed by atoms with Crippen molar-refractivity contribution in [3.63, 3.8) is 0 Å². The van der Waals surface area contributed by atoms with Crippen molar-refractivity contribution in [3.05, 3.63) is 30.1 Å². The van der Waals surface area contributed by atoms with Crippen LogP contribution < -0.4 is 10.0 Å². The van der Waals surface area contributed by atoms with Crippen molar-refractivity contribution >= 4 is 27.7 Å². The van der Waals surface area contributed by atoms with Crippen LogP contribution in [0.3, 0.4) is 0 Å². The maximum Gasteiger partial charge on any atom is 0.244 e. The first-order valence-electron chi connectivity index (χ1n) is 9.59. The Hall–Kier alpha value is -1.16. The molecule has 1 saturated heterocycles. The number of amides is 1. The third-order valence-corrected chi connectivity index (χ3v) is 6.97. The predicted octanol–water partition coefficient (Wildman–Crippen LogP) is 2.07.